The van der Waals surface area contributed by atoms with E-state index in [-0.39, 0.29) is 22.0 Å². The quantitative estimate of drug-likeness (QED) is 0.520. The van der Waals surface area contributed by atoms with Crippen molar-refractivity contribution < 1.29 is 19.6 Å². The Balaban J connectivity index is 2.49. The number of halogens is 1. The van der Waals surface area contributed by atoms with Crippen LogP contribution in [-0.2, 0) is 4.79 Å². The van der Waals surface area contributed by atoms with Crippen LogP contribution in [0, 0.1) is 10.1 Å². The minimum Gasteiger partial charge on any atom is -0.502 e. The fourth-order valence-corrected chi connectivity index (χ4v) is 2.88. The highest BCUT2D eigenvalue weighted by Crippen LogP contribution is 2.38. The first-order chi connectivity index (χ1) is 9.85. The summed E-state index contributed by atoms with van der Waals surface area (Å²) in [4.78, 5) is 34.6. The van der Waals surface area contributed by atoms with Gasteiger partial charge in [-0.15, -0.1) is 0 Å². The first kappa shape index (κ1) is 15.3. The van der Waals surface area contributed by atoms with Crippen LogP contribution >= 0.6 is 23.4 Å². The Morgan fingerprint density at radius 1 is 1.48 bits per heavy atom. The third-order valence-electron chi connectivity index (χ3n) is 2.76. The number of phenols is 1. The average Bonchev–Trinajstić information content (AvgIpc) is 2.67. The maximum absolute atomic E-state index is 11.9. The summed E-state index contributed by atoms with van der Waals surface area (Å²) < 4.78 is 0. The van der Waals surface area contributed by atoms with Crippen LogP contribution in [0.2, 0.25) is 5.02 Å². The molecule has 0 aliphatic carbocycles. The minimum atomic E-state index is -0.781. The molecule has 1 aliphatic rings. The van der Waals surface area contributed by atoms with Crippen molar-refractivity contribution >= 4 is 46.3 Å². The van der Waals surface area contributed by atoms with Crippen LogP contribution < -0.4 is 0 Å². The van der Waals surface area contributed by atoms with Crippen LogP contribution in [-0.4, -0.2) is 32.6 Å². The Morgan fingerprint density at radius 2 is 2.14 bits per heavy atom. The lowest BCUT2D eigenvalue weighted by atomic mass is 10.1. The SMILES string of the molecule is CCN1C(=O)S/C(=C/c2cc(Cl)cc([N+](=O)[O-])c2O)C1=O. The van der Waals surface area contributed by atoms with Gasteiger partial charge in [-0.1, -0.05) is 11.6 Å². The molecule has 0 radical (unpaired) electrons. The molecule has 110 valence electrons. The number of nitro groups is 1. The maximum atomic E-state index is 11.9. The summed E-state index contributed by atoms with van der Waals surface area (Å²) in [5, 5.41) is 20.3. The van der Waals surface area contributed by atoms with E-state index in [2.05, 4.69) is 0 Å². The van der Waals surface area contributed by atoms with Gasteiger partial charge in [0.15, 0.2) is 0 Å². The van der Waals surface area contributed by atoms with E-state index < -0.39 is 27.5 Å². The normalized spacial score (nSPS) is 16.9. The van der Waals surface area contributed by atoms with Gasteiger partial charge in [0.1, 0.15) is 0 Å². The van der Waals surface area contributed by atoms with Crippen LogP contribution in [0.4, 0.5) is 10.5 Å². The van der Waals surface area contributed by atoms with Gasteiger partial charge in [-0.05, 0) is 30.8 Å². The number of likely N-dealkylation sites (N-methyl/N-ethyl adjacent to an activating group) is 1. The average molecular weight is 329 g/mol. The number of phenolic OH excluding ortho intramolecular Hbond substituents is 1. The Bertz CT molecular complexity index is 688. The van der Waals surface area contributed by atoms with Crippen LogP contribution in [0.1, 0.15) is 12.5 Å². The molecule has 2 amide bonds. The molecule has 1 N–H and O–H groups in total. The number of nitrogens with zero attached hydrogens (tertiary/aromatic N) is 2. The number of aromatic hydroxyl groups is 1. The highest BCUT2D eigenvalue weighted by molar-refractivity contribution is 8.18. The van der Waals surface area contributed by atoms with Gasteiger partial charge in [-0.3, -0.25) is 24.6 Å². The van der Waals surface area contributed by atoms with Crippen molar-refractivity contribution in [3.05, 3.63) is 37.7 Å². The van der Waals surface area contributed by atoms with E-state index in [1.165, 1.54) is 12.1 Å². The smallest absolute Gasteiger partial charge is 0.312 e. The largest absolute Gasteiger partial charge is 0.502 e. The number of hydrogen-bond donors (Lipinski definition) is 1. The number of rotatable bonds is 3. The molecule has 1 aromatic carbocycles. The van der Waals surface area contributed by atoms with Crippen molar-refractivity contribution in [1.29, 1.82) is 0 Å². The number of carbonyl (C=O) groups excluding carboxylic acids is 2. The lowest BCUT2D eigenvalue weighted by Gasteiger charge is -2.07. The molecule has 2 rings (SSSR count). The Labute approximate surface area is 128 Å². The minimum absolute atomic E-state index is 0.0100. The molecule has 1 aromatic rings. The number of imide groups is 1. The molecule has 1 aliphatic heterocycles. The lowest BCUT2D eigenvalue weighted by Crippen LogP contribution is -2.27. The Hall–Kier alpha value is -2.06. The Morgan fingerprint density at radius 3 is 2.67 bits per heavy atom. The summed E-state index contributed by atoms with van der Waals surface area (Å²) >= 11 is 6.46. The molecule has 21 heavy (non-hydrogen) atoms. The van der Waals surface area contributed by atoms with Crippen molar-refractivity contribution in [2.45, 2.75) is 6.92 Å². The van der Waals surface area contributed by atoms with E-state index in [0.717, 1.165) is 11.0 Å². The van der Waals surface area contributed by atoms with Crippen molar-refractivity contribution in [2.75, 3.05) is 6.54 Å². The van der Waals surface area contributed by atoms with Crippen molar-refractivity contribution in [2.24, 2.45) is 0 Å². The van der Waals surface area contributed by atoms with E-state index in [1.807, 2.05) is 0 Å². The second kappa shape index (κ2) is 5.74. The van der Waals surface area contributed by atoms with Gasteiger partial charge in [0, 0.05) is 23.2 Å². The monoisotopic (exact) mass is 328 g/mol. The number of benzene rings is 1. The van der Waals surface area contributed by atoms with E-state index >= 15 is 0 Å². The first-order valence-corrected chi connectivity index (χ1v) is 6.96. The molecule has 1 fully saturated rings. The zero-order valence-corrected chi connectivity index (χ0v) is 12.3. The van der Waals surface area contributed by atoms with Gasteiger partial charge in [0.05, 0.1) is 9.83 Å². The van der Waals surface area contributed by atoms with Crippen LogP contribution in [0.5, 0.6) is 5.75 Å². The molecule has 0 saturated carbocycles. The summed E-state index contributed by atoms with van der Waals surface area (Å²) in [5.41, 5.74) is -0.556. The van der Waals surface area contributed by atoms with Gasteiger partial charge < -0.3 is 5.11 Å². The van der Waals surface area contributed by atoms with Crippen LogP contribution in [0.15, 0.2) is 17.0 Å². The first-order valence-electron chi connectivity index (χ1n) is 5.77. The molecule has 1 saturated heterocycles. The molecule has 0 bridgehead atoms. The van der Waals surface area contributed by atoms with E-state index in [9.17, 15) is 24.8 Å². The Kier molecular flexibility index (Phi) is 4.19. The van der Waals surface area contributed by atoms with Crippen LogP contribution in [0.3, 0.4) is 0 Å². The molecule has 0 atom stereocenters. The van der Waals surface area contributed by atoms with Gasteiger partial charge in [0.25, 0.3) is 11.1 Å². The lowest BCUT2D eigenvalue weighted by molar-refractivity contribution is -0.385. The van der Waals surface area contributed by atoms with E-state index in [1.54, 1.807) is 6.92 Å². The van der Waals surface area contributed by atoms with Crippen molar-refractivity contribution in [3.63, 3.8) is 0 Å². The molecule has 0 unspecified atom stereocenters. The number of nitro benzene ring substituents is 1. The van der Waals surface area contributed by atoms with E-state index in [4.69, 9.17) is 11.6 Å². The standard InChI is InChI=1S/C12H9ClN2O5S/c1-2-14-11(17)9(21-12(14)18)4-6-3-7(13)5-8(10(6)16)15(19)20/h3-5,16H,2H2,1H3/b9-4+. The maximum Gasteiger partial charge on any atom is 0.312 e. The summed E-state index contributed by atoms with van der Waals surface area (Å²) in [5.74, 6) is -1.11. The van der Waals surface area contributed by atoms with Gasteiger partial charge in [-0.2, -0.15) is 0 Å². The highest BCUT2D eigenvalue weighted by atomic mass is 35.5. The molecule has 9 heteroatoms. The predicted octanol–water partition coefficient (Wildman–Crippen LogP) is 3.01. The summed E-state index contributed by atoms with van der Waals surface area (Å²) in [6.07, 6.45) is 1.22. The second-order valence-electron chi connectivity index (χ2n) is 4.05. The second-order valence-corrected chi connectivity index (χ2v) is 5.48. The fraction of sp³-hybridized carbons (Fsp3) is 0.167. The summed E-state index contributed by atoms with van der Waals surface area (Å²) in [7, 11) is 0. The summed E-state index contributed by atoms with van der Waals surface area (Å²) in [6.45, 7) is 1.88. The zero-order valence-electron chi connectivity index (χ0n) is 10.7. The topological polar surface area (TPSA) is 101 Å². The molecule has 0 aromatic heterocycles. The van der Waals surface area contributed by atoms with Gasteiger partial charge >= 0.3 is 5.69 Å². The van der Waals surface area contributed by atoms with Gasteiger partial charge in [-0.25, -0.2) is 0 Å². The molecular formula is C12H9ClN2O5S. The third-order valence-corrected chi connectivity index (χ3v) is 3.88. The van der Waals surface area contributed by atoms with Crippen LogP contribution in [0.25, 0.3) is 6.08 Å². The number of amides is 2. The molecule has 7 nitrogen and oxygen atoms in total. The van der Waals surface area contributed by atoms with Gasteiger partial charge in [0.2, 0.25) is 5.75 Å². The van der Waals surface area contributed by atoms with Crippen molar-refractivity contribution in [3.8, 4) is 5.75 Å². The third kappa shape index (κ3) is 2.86. The van der Waals surface area contributed by atoms with E-state index in [0.29, 0.717) is 11.8 Å². The molecular weight excluding hydrogens is 320 g/mol. The molecule has 1 heterocycles. The number of thioether (sulfide) groups is 1. The molecule has 0 spiro atoms. The fourth-order valence-electron chi connectivity index (χ4n) is 1.77. The predicted molar refractivity (Wildman–Crippen MR) is 78.1 cm³/mol. The number of hydrogen-bond acceptors (Lipinski definition) is 6. The zero-order chi connectivity index (χ0) is 15.7. The highest BCUT2D eigenvalue weighted by Gasteiger charge is 2.34. The number of carbonyl (C=O) groups is 2. The summed E-state index contributed by atoms with van der Waals surface area (Å²) in [6, 6.07) is 2.29. The van der Waals surface area contributed by atoms with Crippen molar-refractivity contribution in [1.82, 2.24) is 4.90 Å².